The predicted molar refractivity (Wildman–Crippen MR) is 121 cm³/mol. The largest absolute Gasteiger partial charge is 0.456 e. The Morgan fingerprint density at radius 3 is 2.38 bits per heavy atom. The van der Waals surface area contributed by atoms with E-state index in [9.17, 15) is 18.4 Å². The second-order valence-corrected chi connectivity index (χ2v) is 9.41. The first-order valence-corrected chi connectivity index (χ1v) is 11.0. The van der Waals surface area contributed by atoms with Gasteiger partial charge in [-0.05, 0) is 57.5 Å². The molecule has 1 amide bonds. The Balaban J connectivity index is 1.79. The molecule has 0 spiro atoms. The van der Waals surface area contributed by atoms with Gasteiger partial charge in [0.1, 0.15) is 17.2 Å². The minimum absolute atomic E-state index is 0.0368. The van der Waals surface area contributed by atoms with Gasteiger partial charge in [-0.15, -0.1) is 0 Å². The first-order valence-electron chi connectivity index (χ1n) is 10.2. The number of carbonyl (C=O) groups is 2. The number of esters is 1. The maximum atomic E-state index is 14.1. The summed E-state index contributed by atoms with van der Waals surface area (Å²) >= 11 is 3.02. The van der Waals surface area contributed by atoms with Crippen molar-refractivity contribution in [3.05, 3.63) is 57.6 Å². The van der Waals surface area contributed by atoms with E-state index in [-0.39, 0.29) is 16.1 Å². The molecule has 172 valence electrons. The number of carbonyl (C=O) groups excluding carboxylic acids is 2. The number of benzene rings is 2. The maximum absolute atomic E-state index is 14.1. The molecular weight excluding hydrogens is 486 g/mol. The number of halogens is 3. The van der Waals surface area contributed by atoms with Crippen LogP contribution in [-0.2, 0) is 20.7 Å². The smallest absolute Gasteiger partial charge is 0.338 e. The van der Waals surface area contributed by atoms with Crippen LogP contribution in [0, 0.1) is 11.6 Å². The fourth-order valence-corrected chi connectivity index (χ4v) is 3.43. The molecule has 2 N–H and O–H groups in total. The molecule has 9 heteroatoms. The molecule has 0 bridgehead atoms. The number of amides is 1. The fraction of sp³-hybridized carbons (Fsp3) is 0.391. The lowest BCUT2D eigenvalue weighted by Crippen LogP contribution is -2.33. The zero-order chi connectivity index (χ0) is 23.5. The molecule has 1 aliphatic rings. The van der Waals surface area contributed by atoms with E-state index in [1.165, 1.54) is 6.07 Å². The number of hydrogen-bond acceptors (Lipinski definition) is 5. The lowest BCUT2D eigenvalue weighted by atomic mass is 10.1. The van der Waals surface area contributed by atoms with Crippen LogP contribution in [-0.4, -0.2) is 36.7 Å². The lowest BCUT2D eigenvalue weighted by molar-refractivity contribution is -0.115. The summed E-state index contributed by atoms with van der Waals surface area (Å²) in [7, 11) is 0. The number of rotatable bonds is 7. The summed E-state index contributed by atoms with van der Waals surface area (Å²) in [6.07, 6.45) is 0.460. The van der Waals surface area contributed by atoms with E-state index in [0.717, 1.165) is 18.6 Å². The van der Waals surface area contributed by atoms with Crippen LogP contribution in [0.5, 0.6) is 0 Å². The molecule has 3 rings (SSSR count). The van der Waals surface area contributed by atoms with Crippen molar-refractivity contribution < 1.29 is 27.8 Å². The van der Waals surface area contributed by atoms with Gasteiger partial charge < -0.3 is 20.1 Å². The molecule has 0 aromatic heterocycles. The normalized spacial score (nSPS) is 15.6. The van der Waals surface area contributed by atoms with Gasteiger partial charge in [0.25, 0.3) is 0 Å². The second-order valence-electron chi connectivity index (χ2n) is 8.50. The summed E-state index contributed by atoms with van der Waals surface area (Å²) in [5, 5.41) is 5.83. The molecule has 2 aromatic rings. The molecule has 1 atom stereocenters. The third kappa shape index (κ3) is 6.49. The van der Waals surface area contributed by atoms with E-state index in [2.05, 4.69) is 26.6 Å². The molecule has 0 saturated carbocycles. The van der Waals surface area contributed by atoms with Gasteiger partial charge >= 0.3 is 5.97 Å². The Labute approximate surface area is 193 Å². The highest BCUT2D eigenvalue weighted by Crippen LogP contribution is 2.27. The molecule has 1 saturated heterocycles. The van der Waals surface area contributed by atoms with Crippen LogP contribution < -0.4 is 10.6 Å². The fourth-order valence-electron chi connectivity index (χ4n) is 3.03. The van der Waals surface area contributed by atoms with Gasteiger partial charge in [-0.2, -0.15) is 0 Å². The van der Waals surface area contributed by atoms with E-state index in [4.69, 9.17) is 9.47 Å². The van der Waals surface area contributed by atoms with Crippen molar-refractivity contribution in [2.45, 2.75) is 45.3 Å². The molecule has 0 radical (unpaired) electrons. The van der Waals surface area contributed by atoms with E-state index in [0.29, 0.717) is 30.1 Å². The molecule has 1 heterocycles. The van der Waals surface area contributed by atoms with Gasteiger partial charge in [0.15, 0.2) is 0 Å². The number of hydrogen-bond donors (Lipinski definition) is 2. The SMILES string of the molecule is CC(C)(C)OC(=O)c1ccc(NC(=O)Cc2c(F)cc(Br)cc2F)c(NC[C@@H]2CCO2)c1. The summed E-state index contributed by atoms with van der Waals surface area (Å²) < 4.78 is 39.2. The van der Waals surface area contributed by atoms with E-state index in [1.807, 2.05) is 0 Å². The average molecular weight is 511 g/mol. The summed E-state index contributed by atoms with van der Waals surface area (Å²) in [5.74, 6) is -2.73. The van der Waals surface area contributed by atoms with Crippen LogP contribution in [0.4, 0.5) is 20.2 Å². The highest BCUT2D eigenvalue weighted by atomic mass is 79.9. The van der Waals surface area contributed by atoms with Crippen LogP contribution in [0.2, 0.25) is 0 Å². The van der Waals surface area contributed by atoms with Gasteiger partial charge in [0, 0.05) is 23.2 Å². The lowest BCUT2D eigenvalue weighted by Gasteiger charge is -2.27. The molecule has 0 unspecified atom stereocenters. The van der Waals surface area contributed by atoms with Crippen molar-refractivity contribution in [2.75, 3.05) is 23.8 Å². The van der Waals surface area contributed by atoms with Crippen LogP contribution in [0.25, 0.3) is 0 Å². The van der Waals surface area contributed by atoms with Gasteiger partial charge in [0.05, 0.1) is 29.5 Å². The Morgan fingerprint density at radius 2 is 1.81 bits per heavy atom. The first-order chi connectivity index (χ1) is 15.0. The molecule has 0 aliphatic carbocycles. The van der Waals surface area contributed by atoms with Crippen LogP contribution >= 0.6 is 15.9 Å². The zero-order valence-corrected chi connectivity index (χ0v) is 19.6. The van der Waals surface area contributed by atoms with Crippen molar-refractivity contribution in [1.82, 2.24) is 0 Å². The number of nitrogens with one attached hydrogen (secondary N) is 2. The standard InChI is InChI=1S/C23H25BrF2N2O4/c1-23(2,3)32-22(30)13-4-5-19(20(8-13)27-12-15-6-7-31-15)28-21(29)11-16-17(25)9-14(24)10-18(16)26/h4-5,8-10,15,27H,6-7,11-12H2,1-3H3,(H,28,29)/t15-/m0/s1. The molecule has 6 nitrogen and oxygen atoms in total. The second kappa shape index (κ2) is 9.95. The van der Waals surface area contributed by atoms with Crippen molar-refractivity contribution in [3.8, 4) is 0 Å². The van der Waals surface area contributed by atoms with Gasteiger partial charge in [-0.25, -0.2) is 13.6 Å². The van der Waals surface area contributed by atoms with Crippen LogP contribution in [0.3, 0.4) is 0 Å². The summed E-state index contributed by atoms with van der Waals surface area (Å²) in [4.78, 5) is 25.0. The van der Waals surface area contributed by atoms with E-state index >= 15 is 0 Å². The van der Waals surface area contributed by atoms with E-state index in [1.54, 1.807) is 32.9 Å². The highest BCUT2D eigenvalue weighted by Gasteiger charge is 2.22. The van der Waals surface area contributed by atoms with Crippen molar-refractivity contribution in [3.63, 3.8) is 0 Å². The predicted octanol–water partition coefficient (Wildman–Crippen LogP) is 5.06. The monoisotopic (exact) mass is 510 g/mol. The zero-order valence-electron chi connectivity index (χ0n) is 18.1. The third-order valence-corrected chi connectivity index (χ3v) is 5.14. The third-order valence-electron chi connectivity index (χ3n) is 4.68. The summed E-state index contributed by atoms with van der Waals surface area (Å²) in [5.41, 5.74) is 0.179. The molecule has 2 aromatic carbocycles. The minimum atomic E-state index is -0.812. The Bertz CT molecular complexity index is 997. The number of ether oxygens (including phenoxy) is 2. The van der Waals surface area contributed by atoms with Gasteiger partial charge in [-0.1, -0.05) is 15.9 Å². The van der Waals surface area contributed by atoms with E-state index < -0.39 is 35.5 Å². The first kappa shape index (κ1) is 24.1. The Kier molecular flexibility index (Phi) is 7.51. The quantitative estimate of drug-likeness (QED) is 0.508. The van der Waals surface area contributed by atoms with Crippen molar-refractivity contribution >= 4 is 39.2 Å². The molecule has 1 fully saturated rings. The summed E-state index contributed by atoms with van der Waals surface area (Å²) in [6.45, 7) is 6.49. The van der Waals surface area contributed by atoms with Crippen LogP contribution in [0.1, 0.15) is 43.1 Å². The summed E-state index contributed by atoms with van der Waals surface area (Å²) in [6, 6.07) is 6.86. The maximum Gasteiger partial charge on any atom is 0.338 e. The van der Waals surface area contributed by atoms with Crippen molar-refractivity contribution in [2.24, 2.45) is 0 Å². The minimum Gasteiger partial charge on any atom is -0.456 e. The Hall–Kier alpha value is -2.52. The average Bonchev–Trinajstić information content (AvgIpc) is 2.63. The van der Waals surface area contributed by atoms with Gasteiger partial charge in [-0.3, -0.25) is 4.79 Å². The van der Waals surface area contributed by atoms with Gasteiger partial charge in [0.2, 0.25) is 5.91 Å². The highest BCUT2D eigenvalue weighted by molar-refractivity contribution is 9.10. The van der Waals surface area contributed by atoms with Crippen molar-refractivity contribution in [1.29, 1.82) is 0 Å². The molecule has 32 heavy (non-hydrogen) atoms. The molecule has 1 aliphatic heterocycles. The topological polar surface area (TPSA) is 76.7 Å². The molecular formula is C23H25BrF2N2O4. The van der Waals surface area contributed by atoms with Crippen LogP contribution in [0.15, 0.2) is 34.8 Å². The number of anilines is 2. The Morgan fingerprint density at radius 1 is 1.16 bits per heavy atom.